The van der Waals surface area contributed by atoms with Crippen molar-refractivity contribution in [3.63, 3.8) is 0 Å². The van der Waals surface area contributed by atoms with Crippen LogP contribution in [0.15, 0.2) is 11.8 Å². The topological polar surface area (TPSA) is 43.1 Å². The first-order valence-corrected chi connectivity index (χ1v) is 2.24. The van der Waals surface area contributed by atoms with Crippen LogP contribution in [-0.4, -0.2) is 5.12 Å². The maximum Gasteiger partial charge on any atom is 0.210 e. The highest BCUT2D eigenvalue weighted by molar-refractivity contribution is 7.97. The molecule has 0 spiro atoms. The molecule has 2 nitrogen and oxygen atoms in total. The van der Waals surface area contributed by atoms with E-state index in [0.717, 1.165) is 0 Å². The van der Waals surface area contributed by atoms with Crippen LogP contribution in [0.3, 0.4) is 0 Å². The second-order valence-electron chi connectivity index (χ2n) is 1.23. The molecular formula is C4H7NOS. The van der Waals surface area contributed by atoms with E-state index in [0.29, 0.717) is 5.70 Å². The molecule has 7 heavy (non-hydrogen) atoms. The number of carbonyl (C=O) groups excluding carboxylic acids is 1. The first kappa shape index (κ1) is 6.56. The Hall–Kier alpha value is -0.440. The van der Waals surface area contributed by atoms with Crippen LogP contribution in [0.1, 0.15) is 6.92 Å². The molecular weight excluding hydrogens is 110 g/mol. The van der Waals surface area contributed by atoms with Gasteiger partial charge in [0, 0.05) is 11.8 Å². The molecule has 0 aliphatic heterocycles. The number of allylic oxidation sites excluding steroid dienone is 1. The standard InChI is InChI=1S/C4H7NOS/c1-3(5)2-4(6)7/h2H,5H2,1H3,(H,6,7)/b3-2-. The Kier molecular flexibility index (Phi) is 2.52. The molecule has 0 heterocycles. The van der Waals surface area contributed by atoms with E-state index in [1.165, 1.54) is 6.08 Å². The van der Waals surface area contributed by atoms with Crippen LogP contribution in [0.5, 0.6) is 0 Å². The van der Waals surface area contributed by atoms with Crippen molar-refractivity contribution >= 4 is 17.7 Å². The van der Waals surface area contributed by atoms with Crippen LogP contribution in [0, 0.1) is 0 Å². The van der Waals surface area contributed by atoms with E-state index in [-0.39, 0.29) is 5.12 Å². The van der Waals surface area contributed by atoms with Crippen LogP contribution in [-0.2, 0) is 4.79 Å². The SMILES string of the molecule is C/C(N)=C/C(=O)S. The van der Waals surface area contributed by atoms with Crippen LogP contribution in [0.4, 0.5) is 0 Å². The van der Waals surface area contributed by atoms with Gasteiger partial charge >= 0.3 is 0 Å². The Balaban J connectivity index is 3.68. The minimum Gasteiger partial charge on any atom is -0.402 e. The van der Waals surface area contributed by atoms with E-state index in [1.54, 1.807) is 6.92 Å². The molecule has 0 unspecified atom stereocenters. The minimum atomic E-state index is -0.306. The second-order valence-corrected chi connectivity index (χ2v) is 1.67. The van der Waals surface area contributed by atoms with Crippen molar-refractivity contribution in [2.75, 3.05) is 0 Å². The Bertz CT molecular complexity index is 104. The van der Waals surface area contributed by atoms with Gasteiger partial charge in [0.2, 0.25) is 5.12 Å². The lowest BCUT2D eigenvalue weighted by Crippen LogP contribution is -1.92. The second kappa shape index (κ2) is 2.69. The number of thiol groups is 1. The minimum absolute atomic E-state index is 0.306. The molecule has 0 bridgehead atoms. The van der Waals surface area contributed by atoms with Crippen LogP contribution in [0.25, 0.3) is 0 Å². The number of nitrogens with two attached hydrogens (primary N) is 1. The highest BCUT2D eigenvalue weighted by Crippen LogP contribution is 1.83. The van der Waals surface area contributed by atoms with Gasteiger partial charge in [-0.3, -0.25) is 4.79 Å². The van der Waals surface area contributed by atoms with Crippen molar-refractivity contribution < 1.29 is 4.79 Å². The van der Waals surface area contributed by atoms with Gasteiger partial charge < -0.3 is 5.73 Å². The van der Waals surface area contributed by atoms with Gasteiger partial charge in [-0.2, -0.15) is 0 Å². The van der Waals surface area contributed by atoms with Crippen molar-refractivity contribution in [3.8, 4) is 0 Å². The van der Waals surface area contributed by atoms with E-state index < -0.39 is 0 Å². The zero-order valence-electron chi connectivity index (χ0n) is 4.01. The number of carbonyl (C=O) groups is 1. The van der Waals surface area contributed by atoms with Gasteiger partial charge in [-0.05, 0) is 6.92 Å². The molecule has 0 saturated heterocycles. The monoisotopic (exact) mass is 117 g/mol. The molecule has 0 aliphatic carbocycles. The normalized spacial score (nSPS) is 11.4. The van der Waals surface area contributed by atoms with Gasteiger partial charge in [0.1, 0.15) is 0 Å². The summed E-state index contributed by atoms with van der Waals surface area (Å²) in [4.78, 5) is 9.96. The van der Waals surface area contributed by atoms with Gasteiger partial charge in [-0.15, -0.1) is 12.6 Å². The summed E-state index contributed by atoms with van der Waals surface area (Å²) in [5, 5.41) is -0.306. The Morgan fingerprint density at radius 2 is 2.29 bits per heavy atom. The lowest BCUT2D eigenvalue weighted by molar-refractivity contribution is -0.106. The lowest BCUT2D eigenvalue weighted by Gasteiger charge is -1.81. The van der Waals surface area contributed by atoms with Gasteiger partial charge in [0.15, 0.2) is 0 Å². The van der Waals surface area contributed by atoms with Gasteiger partial charge in [0.05, 0.1) is 0 Å². The predicted octanol–water partition coefficient (Wildman–Crippen LogP) is 0.305. The summed E-state index contributed by atoms with van der Waals surface area (Å²) in [6.45, 7) is 1.63. The summed E-state index contributed by atoms with van der Waals surface area (Å²) in [7, 11) is 0. The maximum atomic E-state index is 9.96. The third-order valence-electron chi connectivity index (χ3n) is 0.351. The Morgan fingerprint density at radius 3 is 2.29 bits per heavy atom. The van der Waals surface area contributed by atoms with Crippen molar-refractivity contribution in [1.82, 2.24) is 0 Å². The van der Waals surface area contributed by atoms with Gasteiger partial charge in [-0.25, -0.2) is 0 Å². The number of hydrogen-bond acceptors (Lipinski definition) is 2. The van der Waals surface area contributed by atoms with Gasteiger partial charge in [-0.1, -0.05) is 0 Å². The quantitative estimate of drug-likeness (QED) is 0.383. The highest BCUT2D eigenvalue weighted by Gasteiger charge is 1.82. The fourth-order valence-electron chi connectivity index (χ4n) is 0.195. The summed E-state index contributed by atoms with van der Waals surface area (Å²) < 4.78 is 0. The molecule has 0 radical (unpaired) electrons. The van der Waals surface area contributed by atoms with Crippen molar-refractivity contribution in [2.45, 2.75) is 6.92 Å². The lowest BCUT2D eigenvalue weighted by atomic mass is 10.5. The van der Waals surface area contributed by atoms with E-state index in [9.17, 15) is 4.79 Å². The van der Waals surface area contributed by atoms with E-state index in [4.69, 9.17) is 5.73 Å². The molecule has 0 aromatic carbocycles. The molecule has 0 rings (SSSR count). The summed E-state index contributed by atoms with van der Waals surface area (Å²) in [6.07, 6.45) is 1.25. The third kappa shape index (κ3) is 5.56. The molecule has 0 aromatic rings. The molecule has 0 aliphatic rings. The van der Waals surface area contributed by atoms with Crippen molar-refractivity contribution in [1.29, 1.82) is 0 Å². The number of hydrogen-bond donors (Lipinski definition) is 2. The summed E-state index contributed by atoms with van der Waals surface area (Å²) in [5.74, 6) is 0. The molecule has 0 aromatic heterocycles. The Morgan fingerprint density at radius 1 is 1.86 bits per heavy atom. The molecule has 3 heteroatoms. The predicted molar refractivity (Wildman–Crippen MR) is 31.9 cm³/mol. The molecule has 0 saturated carbocycles. The largest absolute Gasteiger partial charge is 0.402 e. The maximum absolute atomic E-state index is 9.96. The summed E-state index contributed by atoms with van der Waals surface area (Å²) >= 11 is 3.44. The highest BCUT2D eigenvalue weighted by atomic mass is 32.1. The van der Waals surface area contributed by atoms with Crippen LogP contribution >= 0.6 is 12.6 Å². The Labute approximate surface area is 47.8 Å². The molecule has 0 amide bonds. The first-order valence-electron chi connectivity index (χ1n) is 1.79. The van der Waals surface area contributed by atoms with Crippen molar-refractivity contribution in [3.05, 3.63) is 11.8 Å². The zero-order valence-corrected chi connectivity index (χ0v) is 4.90. The molecule has 40 valence electrons. The fraction of sp³-hybridized carbons (Fsp3) is 0.250. The summed E-state index contributed by atoms with van der Waals surface area (Å²) in [6, 6.07) is 0. The van der Waals surface area contributed by atoms with E-state index >= 15 is 0 Å². The average Bonchev–Trinajstić information content (AvgIpc) is 1.27. The van der Waals surface area contributed by atoms with E-state index in [1.807, 2.05) is 0 Å². The van der Waals surface area contributed by atoms with Crippen LogP contribution < -0.4 is 5.73 Å². The van der Waals surface area contributed by atoms with E-state index in [2.05, 4.69) is 12.6 Å². The molecule has 0 atom stereocenters. The third-order valence-corrected chi connectivity index (χ3v) is 0.480. The zero-order chi connectivity index (χ0) is 5.86. The number of rotatable bonds is 1. The molecule has 0 fully saturated rings. The van der Waals surface area contributed by atoms with Crippen molar-refractivity contribution in [2.24, 2.45) is 5.73 Å². The van der Waals surface area contributed by atoms with Gasteiger partial charge in [0.25, 0.3) is 0 Å². The molecule has 2 N–H and O–H groups in total. The van der Waals surface area contributed by atoms with Crippen LogP contribution in [0.2, 0.25) is 0 Å². The fourth-order valence-corrected chi connectivity index (χ4v) is 0.398. The first-order chi connectivity index (χ1) is 3.13. The summed E-state index contributed by atoms with van der Waals surface area (Å²) in [5.41, 5.74) is 5.57. The smallest absolute Gasteiger partial charge is 0.210 e. The average molecular weight is 117 g/mol.